The molecule has 0 aliphatic heterocycles. The van der Waals surface area contributed by atoms with Gasteiger partial charge in [0, 0.05) is 30.1 Å². The van der Waals surface area contributed by atoms with Gasteiger partial charge in [0.2, 0.25) is 0 Å². The molecular weight excluding hydrogens is 358 g/mol. The number of nitro groups is 1. The number of carbonyl (C=O) groups excluding carboxylic acids is 1. The molecule has 7 heteroatoms. The minimum Gasteiger partial charge on any atom is -0.322 e. The van der Waals surface area contributed by atoms with Crippen LogP contribution in [0.3, 0.4) is 0 Å². The van der Waals surface area contributed by atoms with Gasteiger partial charge >= 0.3 is 0 Å². The topological polar surface area (TPSA) is 94.2 Å². The van der Waals surface area contributed by atoms with Crippen molar-refractivity contribution in [2.45, 2.75) is 19.9 Å². The molecule has 0 fully saturated rings. The average molecular weight is 377 g/mol. The van der Waals surface area contributed by atoms with Crippen molar-refractivity contribution < 1.29 is 9.72 Å². The molecule has 0 saturated carbocycles. The summed E-state index contributed by atoms with van der Waals surface area (Å²) in [4.78, 5) is 35.2. The molecule has 0 bridgehead atoms. The molecule has 1 heterocycles. The number of anilines is 1. The van der Waals surface area contributed by atoms with E-state index in [0.717, 1.165) is 17.7 Å². The zero-order chi connectivity index (χ0) is 20.1. The lowest BCUT2D eigenvalue weighted by Crippen LogP contribution is -2.22. The first-order valence-corrected chi connectivity index (χ1v) is 8.81. The van der Waals surface area contributed by atoms with Crippen LogP contribution in [0.2, 0.25) is 0 Å². The van der Waals surface area contributed by atoms with E-state index in [1.54, 1.807) is 12.1 Å². The van der Waals surface area contributed by atoms with E-state index < -0.39 is 4.92 Å². The monoisotopic (exact) mass is 377 g/mol. The number of nitrogens with one attached hydrogen (secondary N) is 1. The van der Waals surface area contributed by atoms with Crippen LogP contribution in [0.15, 0.2) is 71.7 Å². The molecule has 0 unspecified atom stereocenters. The second kappa shape index (κ2) is 8.30. The van der Waals surface area contributed by atoms with Gasteiger partial charge in [0.05, 0.1) is 17.0 Å². The summed E-state index contributed by atoms with van der Waals surface area (Å²) in [6.45, 7) is 2.14. The third-order valence-corrected chi connectivity index (χ3v) is 4.37. The lowest BCUT2D eigenvalue weighted by atomic mass is 10.1. The highest BCUT2D eigenvalue weighted by Gasteiger charge is 2.11. The van der Waals surface area contributed by atoms with Crippen molar-refractivity contribution in [1.82, 2.24) is 4.57 Å². The van der Waals surface area contributed by atoms with E-state index in [9.17, 15) is 19.7 Å². The molecular formula is C21H19N3O4. The van der Waals surface area contributed by atoms with E-state index in [1.807, 2.05) is 31.2 Å². The van der Waals surface area contributed by atoms with Crippen LogP contribution in [0.25, 0.3) is 0 Å². The molecule has 7 nitrogen and oxygen atoms in total. The third kappa shape index (κ3) is 4.32. The van der Waals surface area contributed by atoms with Crippen molar-refractivity contribution >= 4 is 17.3 Å². The summed E-state index contributed by atoms with van der Waals surface area (Å²) >= 11 is 0. The Hall–Kier alpha value is -3.74. The molecule has 0 atom stereocenters. The van der Waals surface area contributed by atoms with Gasteiger partial charge in [-0.15, -0.1) is 0 Å². The minimum absolute atomic E-state index is 0.0457. The normalized spacial score (nSPS) is 10.5. The fourth-order valence-corrected chi connectivity index (χ4v) is 2.90. The van der Waals surface area contributed by atoms with Crippen molar-refractivity contribution in [3.05, 3.63) is 104 Å². The Morgan fingerprint density at radius 2 is 1.89 bits per heavy atom. The van der Waals surface area contributed by atoms with Crippen LogP contribution in [0, 0.1) is 10.1 Å². The predicted octanol–water partition coefficient (Wildman–Crippen LogP) is 3.62. The van der Waals surface area contributed by atoms with Crippen molar-refractivity contribution in [1.29, 1.82) is 0 Å². The Morgan fingerprint density at radius 3 is 2.64 bits per heavy atom. The molecule has 0 spiro atoms. The maximum atomic E-state index is 12.6. The number of pyridine rings is 1. The molecule has 1 aromatic heterocycles. The smallest absolute Gasteiger partial charge is 0.269 e. The number of rotatable bonds is 6. The van der Waals surface area contributed by atoms with Crippen LogP contribution in [0.4, 0.5) is 11.4 Å². The second-order valence-corrected chi connectivity index (χ2v) is 6.28. The molecule has 2 aromatic carbocycles. The standard InChI is InChI=1S/C21H19N3O4/c1-2-16-7-3-4-9-19(16)22-21(26)17-10-11-20(25)23(14-17)13-15-6-5-8-18(12-15)24(27)28/h3-12,14H,2,13H2,1H3,(H,22,26). The second-order valence-electron chi connectivity index (χ2n) is 6.28. The minimum atomic E-state index is -0.485. The Morgan fingerprint density at radius 1 is 1.11 bits per heavy atom. The number of amides is 1. The predicted molar refractivity (Wildman–Crippen MR) is 107 cm³/mol. The van der Waals surface area contributed by atoms with Crippen LogP contribution in [-0.4, -0.2) is 15.4 Å². The van der Waals surface area contributed by atoms with Gasteiger partial charge in [-0.2, -0.15) is 0 Å². The number of benzene rings is 2. The molecule has 0 aliphatic carbocycles. The Balaban J connectivity index is 1.85. The van der Waals surface area contributed by atoms with Crippen LogP contribution in [0.5, 0.6) is 0 Å². The number of aryl methyl sites for hydroxylation is 1. The number of hydrogen-bond acceptors (Lipinski definition) is 4. The average Bonchev–Trinajstić information content (AvgIpc) is 2.70. The third-order valence-electron chi connectivity index (χ3n) is 4.37. The van der Waals surface area contributed by atoms with E-state index >= 15 is 0 Å². The zero-order valence-electron chi connectivity index (χ0n) is 15.3. The van der Waals surface area contributed by atoms with Gasteiger partial charge in [-0.3, -0.25) is 19.7 Å². The quantitative estimate of drug-likeness (QED) is 0.524. The molecule has 3 rings (SSSR count). The number of aromatic nitrogens is 1. The van der Waals surface area contributed by atoms with Crippen LogP contribution >= 0.6 is 0 Å². The van der Waals surface area contributed by atoms with Gasteiger partial charge in [0.25, 0.3) is 17.2 Å². The highest BCUT2D eigenvalue weighted by molar-refractivity contribution is 6.04. The van der Waals surface area contributed by atoms with E-state index in [-0.39, 0.29) is 23.7 Å². The highest BCUT2D eigenvalue weighted by Crippen LogP contribution is 2.17. The van der Waals surface area contributed by atoms with Crippen molar-refractivity contribution in [2.75, 3.05) is 5.32 Å². The summed E-state index contributed by atoms with van der Waals surface area (Å²) in [5.41, 5.74) is 2.33. The van der Waals surface area contributed by atoms with Gasteiger partial charge in [-0.1, -0.05) is 37.3 Å². The molecule has 0 aliphatic rings. The fraction of sp³-hybridized carbons (Fsp3) is 0.143. The lowest BCUT2D eigenvalue weighted by Gasteiger charge is -2.11. The first kappa shape index (κ1) is 19.0. The fourth-order valence-electron chi connectivity index (χ4n) is 2.90. The maximum absolute atomic E-state index is 12.6. The van der Waals surface area contributed by atoms with Gasteiger partial charge in [-0.05, 0) is 29.7 Å². The van der Waals surface area contributed by atoms with Crippen molar-refractivity contribution in [3.63, 3.8) is 0 Å². The molecule has 142 valence electrons. The number of non-ortho nitro benzene ring substituents is 1. The number of nitro benzene ring substituents is 1. The Kier molecular flexibility index (Phi) is 5.64. The molecule has 1 N–H and O–H groups in total. The lowest BCUT2D eigenvalue weighted by molar-refractivity contribution is -0.384. The molecule has 28 heavy (non-hydrogen) atoms. The SMILES string of the molecule is CCc1ccccc1NC(=O)c1ccc(=O)n(Cc2cccc([N+](=O)[O-])c2)c1. The Bertz CT molecular complexity index is 1090. The maximum Gasteiger partial charge on any atom is 0.269 e. The van der Waals surface area contributed by atoms with Crippen LogP contribution < -0.4 is 10.9 Å². The molecule has 0 radical (unpaired) electrons. The van der Waals surface area contributed by atoms with E-state index in [1.165, 1.54) is 35.0 Å². The van der Waals surface area contributed by atoms with E-state index in [4.69, 9.17) is 0 Å². The highest BCUT2D eigenvalue weighted by atomic mass is 16.6. The molecule has 0 saturated heterocycles. The summed E-state index contributed by atoms with van der Waals surface area (Å²) < 4.78 is 1.36. The van der Waals surface area contributed by atoms with Gasteiger partial charge in [0.1, 0.15) is 0 Å². The van der Waals surface area contributed by atoms with Crippen LogP contribution in [0.1, 0.15) is 28.4 Å². The largest absolute Gasteiger partial charge is 0.322 e. The molecule has 3 aromatic rings. The molecule has 1 amide bonds. The summed E-state index contributed by atoms with van der Waals surface area (Å²) in [6.07, 6.45) is 2.24. The summed E-state index contributed by atoms with van der Waals surface area (Å²) in [6, 6.07) is 16.4. The number of nitrogens with zero attached hydrogens (tertiary/aromatic N) is 2. The summed E-state index contributed by atoms with van der Waals surface area (Å²) in [7, 11) is 0. The van der Waals surface area contributed by atoms with Gasteiger partial charge in [0.15, 0.2) is 0 Å². The number of carbonyl (C=O) groups is 1. The van der Waals surface area contributed by atoms with E-state index in [2.05, 4.69) is 5.32 Å². The van der Waals surface area contributed by atoms with Crippen LogP contribution in [-0.2, 0) is 13.0 Å². The van der Waals surface area contributed by atoms with Crippen molar-refractivity contribution in [3.8, 4) is 0 Å². The summed E-state index contributed by atoms with van der Waals surface area (Å²) in [5, 5.41) is 13.8. The first-order valence-electron chi connectivity index (χ1n) is 8.81. The van der Waals surface area contributed by atoms with Gasteiger partial charge in [-0.25, -0.2) is 0 Å². The summed E-state index contributed by atoms with van der Waals surface area (Å²) in [5.74, 6) is -0.325. The van der Waals surface area contributed by atoms with Gasteiger partial charge < -0.3 is 9.88 Å². The Labute approximate surface area is 161 Å². The van der Waals surface area contributed by atoms with Crippen molar-refractivity contribution in [2.24, 2.45) is 0 Å². The zero-order valence-corrected chi connectivity index (χ0v) is 15.3. The van der Waals surface area contributed by atoms with E-state index in [0.29, 0.717) is 11.1 Å². The number of hydrogen-bond donors (Lipinski definition) is 1. The first-order chi connectivity index (χ1) is 13.5. The number of para-hydroxylation sites is 1.